The van der Waals surface area contributed by atoms with Gasteiger partial charge in [-0.2, -0.15) is 0 Å². The molecular formula is C13H16BrNO3. The molecule has 1 fully saturated rings. The number of nitrogens with zero attached hydrogens (tertiary/aromatic N) is 1. The van der Waals surface area contributed by atoms with Crippen LogP contribution in [0.1, 0.15) is 23.7 Å². The van der Waals surface area contributed by atoms with Crippen molar-refractivity contribution in [1.82, 2.24) is 4.90 Å². The lowest BCUT2D eigenvalue weighted by molar-refractivity contribution is 0.0738. The Morgan fingerprint density at radius 2 is 2.17 bits per heavy atom. The van der Waals surface area contributed by atoms with Crippen LogP contribution in [-0.4, -0.2) is 38.9 Å². The highest BCUT2D eigenvalue weighted by Crippen LogP contribution is 2.29. The van der Waals surface area contributed by atoms with Crippen molar-refractivity contribution in [2.45, 2.75) is 19.4 Å². The van der Waals surface area contributed by atoms with E-state index < -0.39 is 0 Å². The number of halogens is 1. The Kier molecular flexibility index (Phi) is 3.80. The van der Waals surface area contributed by atoms with Gasteiger partial charge in [0.2, 0.25) is 0 Å². The van der Waals surface area contributed by atoms with Crippen LogP contribution in [0.4, 0.5) is 0 Å². The summed E-state index contributed by atoms with van der Waals surface area (Å²) >= 11 is 3.44. The molecule has 1 aromatic carbocycles. The Morgan fingerprint density at radius 1 is 1.44 bits per heavy atom. The number of phenolic OH excluding ortho intramolecular Hbond substituents is 2. The first kappa shape index (κ1) is 13.2. The van der Waals surface area contributed by atoms with Crippen LogP contribution in [0.3, 0.4) is 0 Å². The van der Waals surface area contributed by atoms with Gasteiger partial charge in [0, 0.05) is 23.5 Å². The monoisotopic (exact) mass is 313 g/mol. The van der Waals surface area contributed by atoms with E-state index >= 15 is 0 Å². The van der Waals surface area contributed by atoms with Crippen LogP contribution in [-0.2, 0) is 0 Å². The Morgan fingerprint density at radius 3 is 2.78 bits per heavy atom. The van der Waals surface area contributed by atoms with Crippen molar-refractivity contribution in [2.24, 2.45) is 5.92 Å². The number of hydrogen-bond donors (Lipinski definition) is 2. The molecule has 98 valence electrons. The minimum absolute atomic E-state index is 0.0981. The van der Waals surface area contributed by atoms with Crippen molar-refractivity contribution in [3.63, 3.8) is 0 Å². The lowest BCUT2D eigenvalue weighted by Gasteiger charge is -2.25. The SMILES string of the molecule is CC1CCN(C(=O)c2ccc(O)c(O)c2)C1CBr. The number of rotatable bonds is 2. The Bertz CT molecular complexity index is 464. The lowest BCUT2D eigenvalue weighted by Crippen LogP contribution is -2.38. The minimum Gasteiger partial charge on any atom is -0.504 e. The van der Waals surface area contributed by atoms with E-state index in [1.54, 1.807) is 0 Å². The predicted molar refractivity (Wildman–Crippen MR) is 72.2 cm³/mol. The third-order valence-electron chi connectivity index (χ3n) is 3.52. The van der Waals surface area contributed by atoms with Crippen molar-refractivity contribution >= 4 is 21.8 Å². The standard InChI is InChI=1S/C13H16BrNO3/c1-8-4-5-15(10(8)7-14)13(18)9-2-3-11(16)12(17)6-9/h2-3,6,8,10,16-17H,4-5,7H2,1H3. The van der Waals surface area contributed by atoms with Gasteiger partial charge in [-0.1, -0.05) is 22.9 Å². The van der Waals surface area contributed by atoms with Crippen LogP contribution in [0.15, 0.2) is 18.2 Å². The second-order valence-corrected chi connectivity index (χ2v) is 5.34. The molecular weight excluding hydrogens is 298 g/mol. The number of phenols is 2. The molecule has 0 spiro atoms. The number of likely N-dealkylation sites (tertiary alicyclic amines) is 1. The Balaban J connectivity index is 2.23. The molecule has 18 heavy (non-hydrogen) atoms. The summed E-state index contributed by atoms with van der Waals surface area (Å²) in [6.07, 6.45) is 0.992. The fourth-order valence-electron chi connectivity index (χ4n) is 2.32. The van der Waals surface area contributed by atoms with Crippen LogP contribution in [0.5, 0.6) is 11.5 Å². The highest BCUT2D eigenvalue weighted by molar-refractivity contribution is 9.09. The third kappa shape index (κ3) is 2.32. The van der Waals surface area contributed by atoms with Gasteiger partial charge in [0.15, 0.2) is 11.5 Å². The minimum atomic E-state index is -0.261. The first-order valence-electron chi connectivity index (χ1n) is 5.93. The lowest BCUT2D eigenvalue weighted by atomic mass is 10.0. The molecule has 4 nitrogen and oxygen atoms in total. The molecule has 1 aromatic rings. The first-order chi connectivity index (χ1) is 8.54. The van der Waals surface area contributed by atoms with E-state index in [1.807, 2.05) is 4.90 Å². The van der Waals surface area contributed by atoms with Crippen molar-refractivity contribution in [3.8, 4) is 11.5 Å². The fourth-order valence-corrected chi connectivity index (χ4v) is 3.31. The van der Waals surface area contributed by atoms with E-state index in [0.717, 1.165) is 18.3 Å². The summed E-state index contributed by atoms with van der Waals surface area (Å²) in [4.78, 5) is 14.2. The van der Waals surface area contributed by atoms with Gasteiger partial charge in [-0.15, -0.1) is 0 Å². The summed E-state index contributed by atoms with van der Waals surface area (Å²) in [5, 5.41) is 19.4. The third-order valence-corrected chi connectivity index (χ3v) is 4.19. The number of hydrogen-bond acceptors (Lipinski definition) is 3. The van der Waals surface area contributed by atoms with Gasteiger partial charge in [-0.25, -0.2) is 0 Å². The maximum absolute atomic E-state index is 12.3. The molecule has 0 bridgehead atoms. The van der Waals surface area contributed by atoms with E-state index in [9.17, 15) is 15.0 Å². The molecule has 2 N–H and O–H groups in total. The van der Waals surface area contributed by atoms with Crippen molar-refractivity contribution in [1.29, 1.82) is 0 Å². The summed E-state index contributed by atoms with van der Waals surface area (Å²) in [7, 11) is 0. The zero-order valence-electron chi connectivity index (χ0n) is 10.1. The number of alkyl halides is 1. The van der Waals surface area contributed by atoms with E-state index in [0.29, 0.717) is 11.5 Å². The largest absolute Gasteiger partial charge is 0.504 e. The average Bonchev–Trinajstić information content (AvgIpc) is 2.73. The molecule has 1 aliphatic rings. The Hall–Kier alpha value is -1.23. The number of amides is 1. The summed E-state index contributed by atoms with van der Waals surface area (Å²) in [6.45, 7) is 2.87. The summed E-state index contributed by atoms with van der Waals surface area (Å²) in [6, 6.07) is 4.37. The quantitative estimate of drug-likeness (QED) is 0.651. The van der Waals surface area contributed by atoms with Gasteiger partial charge in [0.1, 0.15) is 0 Å². The highest BCUT2D eigenvalue weighted by Gasteiger charge is 2.34. The normalized spacial score (nSPS) is 23.3. The Labute approximate surface area is 114 Å². The van der Waals surface area contributed by atoms with Gasteiger partial charge in [0.05, 0.1) is 0 Å². The van der Waals surface area contributed by atoms with Gasteiger partial charge in [-0.05, 0) is 30.5 Å². The van der Waals surface area contributed by atoms with Crippen LogP contribution in [0.2, 0.25) is 0 Å². The fraction of sp³-hybridized carbons (Fsp3) is 0.462. The first-order valence-corrected chi connectivity index (χ1v) is 7.05. The molecule has 1 saturated heterocycles. The summed E-state index contributed by atoms with van der Waals surface area (Å²) < 4.78 is 0. The molecule has 0 aromatic heterocycles. The molecule has 2 atom stereocenters. The van der Waals surface area contributed by atoms with E-state index in [1.165, 1.54) is 18.2 Å². The van der Waals surface area contributed by atoms with Crippen LogP contribution >= 0.6 is 15.9 Å². The van der Waals surface area contributed by atoms with Crippen LogP contribution < -0.4 is 0 Å². The second-order valence-electron chi connectivity index (χ2n) is 4.69. The number of benzene rings is 1. The number of carbonyl (C=O) groups is 1. The molecule has 1 heterocycles. The van der Waals surface area contributed by atoms with Crippen LogP contribution in [0, 0.1) is 5.92 Å². The summed E-state index contributed by atoms with van der Waals surface area (Å²) in [5.74, 6) is -0.0972. The number of aromatic hydroxyl groups is 2. The van der Waals surface area contributed by atoms with Gasteiger partial charge >= 0.3 is 0 Å². The van der Waals surface area contributed by atoms with Crippen molar-refractivity contribution < 1.29 is 15.0 Å². The summed E-state index contributed by atoms with van der Waals surface area (Å²) in [5.41, 5.74) is 0.408. The molecule has 0 saturated carbocycles. The van der Waals surface area contributed by atoms with E-state index in [-0.39, 0.29) is 23.4 Å². The highest BCUT2D eigenvalue weighted by atomic mass is 79.9. The van der Waals surface area contributed by atoms with Crippen LogP contribution in [0.25, 0.3) is 0 Å². The smallest absolute Gasteiger partial charge is 0.254 e. The predicted octanol–water partition coefficient (Wildman–Crippen LogP) is 2.34. The van der Waals surface area contributed by atoms with E-state index in [4.69, 9.17) is 0 Å². The van der Waals surface area contributed by atoms with Crippen molar-refractivity contribution in [3.05, 3.63) is 23.8 Å². The maximum atomic E-state index is 12.3. The second kappa shape index (κ2) is 5.18. The van der Waals surface area contributed by atoms with Gasteiger partial charge in [-0.3, -0.25) is 4.79 Å². The zero-order valence-corrected chi connectivity index (χ0v) is 11.7. The molecule has 1 amide bonds. The topological polar surface area (TPSA) is 60.8 Å². The maximum Gasteiger partial charge on any atom is 0.254 e. The molecule has 5 heteroatoms. The molecule has 2 unspecified atom stereocenters. The zero-order chi connectivity index (χ0) is 13.3. The number of carbonyl (C=O) groups excluding carboxylic acids is 1. The molecule has 0 radical (unpaired) electrons. The average molecular weight is 314 g/mol. The van der Waals surface area contributed by atoms with Crippen molar-refractivity contribution in [2.75, 3.05) is 11.9 Å². The van der Waals surface area contributed by atoms with E-state index in [2.05, 4.69) is 22.9 Å². The molecule has 0 aliphatic carbocycles. The van der Waals surface area contributed by atoms with Gasteiger partial charge < -0.3 is 15.1 Å². The van der Waals surface area contributed by atoms with Gasteiger partial charge in [0.25, 0.3) is 5.91 Å². The molecule has 2 rings (SSSR count). The molecule has 1 aliphatic heterocycles.